The molecular formula is C28H26N4O4S. The van der Waals surface area contributed by atoms with Gasteiger partial charge in [-0.1, -0.05) is 42.1 Å². The molecule has 2 aliphatic heterocycles. The van der Waals surface area contributed by atoms with Crippen molar-refractivity contribution in [2.75, 3.05) is 19.5 Å². The largest absolute Gasteiger partial charge is 0.497 e. The molecule has 2 atom stereocenters. The second kappa shape index (κ2) is 10.9. The fraction of sp³-hybridized carbons (Fsp3) is 0.214. The van der Waals surface area contributed by atoms with Crippen LogP contribution in [-0.4, -0.2) is 47.2 Å². The Morgan fingerprint density at radius 1 is 0.973 bits per heavy atom. The van der Waals surface area contributed by atoms with Crippen molar-refractivity contribution in [1.82, 2.24) is 5.01 Å². The number of aliphatic imine (C=N–C) groups is 1. The molecule has 2 amide bonds. The topological polar surface area (TPSA) is 92.6 Å². The molecule has 3 aromatic rings. The molecule has 2 aliphatic rings. The minimum absolute atomic E-state index is 0.0153. The van der Waals surface area contributed by atoms with Gasteiger partial charge in [-0.05, 0) is 59.7 Å². The molecule has 0 bridgehead atoms. The van der Waals surface area contributed by atoms with Crippen molar-refractivity contribution < 1.29 is 19.1 Å². The number of nitrogens with one attached hydrogen (secondary N) is 1. The molecule has 0 fully saturated rings. The fourth-order valence-corrected chi connectivity index (χ4v) is 5.30. The third-order valence-corrected chi connectivity index (χ3v) is 7.33. The molecule has 3 aromatic carbocycles. The maximum atomic E-state index is 12.8. The maximum absolute atomic E-state index is 12.8. The fourth-order valence-electron chi connectivity index (χ4n) is 4.24. The molecule has 2 heterocycles. The maximum Gasteiger partial charge on any atom is 0.262 e. The summed E-state index contributed by atoms with van der Waals surface area (Å²) in [5, 5.41) is 9.43. The van der Waals surface area contributed by atoms with Crippen LogP contribution in [-0.2, 0) is 9.59 Å². The van der Waals surface area contributed by atoms with Crippen molar-refractivity contribution >= 4 is 40.1 Å². The lowest BCUT2D eigenvalue weighted by Gasteiger charge is -2.23. The molecule has 0 spiro atoms. The lowest BCUT2D eigenvalue weighted by Crippen LogP contribution is -2.25. The number of amides is 2. The summed E-state index contributed by atoms with van der Waals surface area (Å²) in [4.78, 5) is 29.8. The van der Waals surface area contributed by atoms with Gasteiger partial charge in [-0.2, -0.15) is 10.1 Å². The SMILES string of the molecule is COc1ccc(NC(=O)C[C@H]2SC(N3N=C(c4ccc(OC)cc4)C[C@H]3c3ccccc3)=NC2=O)cc1. The first kappa shape index (κ1) is 24.6. The predicted octanol–water partition coefficient (Wildman–Crippen LogP) is 4.88. The van der Waals surface area contributed by atoms with E-state index in [2.05, 4.69) is 10.3 Å². The zero-order valence-corrected chi connectivity index (χ0v) is 21.3. The number of carbonyl (C=O) groups is 2. The highest BCUT2D eigenvalue weighted by Gasteiger charge is 2.39. The first-order valence-corrected chi connectivity index (χ1v) is 12.7. The normalized spacial score (nSPS) is 18.9. The number of hydrazone groups is 1. The molecule has 8 nitrogen and oxygen atoms in total. The average Bonchev–Trinajstić information content (AvgIpc) is 3.53. The van der Waals surface area contributed by atoms with E-state index in [4.69, 9.17) is 14.6 Å². The quantitative estimate of drug-likeness (QED) is 0.483. The third kappa shape index (κ3) is 5.51. The van der Waals surface area contributed by atoms with Crippen LogP contribution in [0.25, 0.3) is 0 Å². The van der Waals surface area contributed by atoms with Gasteiger partial charge in [0.2, 0.25) is 5.91 Å². The molecule has 37 heavy (non-hydrogen) atoms. The van der Waals surface area contributed by atoms with E-state index in [1.807, 2.05) is 59.6 Å². The highest BCUT2D eigenvalue weighted by molar-refractivity contribution is 8.15. The highest BCUT2D eigenvalue weighted by Crippen LogP contribution is 2.38. The molecule has 1 N–H and O–H groups in total. The minimum Gasteiger partial charge on any atom is -0.497 e. The molecule has 9 heteroatoms. The van der Waals surface area contributed by atoms with Gasteiger partial charge in [0.25, 0.3) is 5.91 Å². The van der Waals surface area contributed by atoms with E-state index < -0.39 is 5.25 Å². The zero-order chi connectivity index (χ0) is 25.8. The van der Waals surface area contributed by atoms with E-state index in [1.54, 1.807) is 38.5 Å². The van der Waals surface area contributed by atoms with Crippen molar-refractivity contribution in [3.63, 3.8) is 0 Å². The smallest absolute Gasteiger partial charge is 0.262 e. The number of amidine groups is 1. The van der Waals surface area contributed by atoms with Gasteiger partial charge < -0.3 is 14.8 Å². The van der Waals surface area contributed by atoms with Gasteiger partial charge in [-0.15, -0.1) is 0 Å². The van der Waals surface area contributed by atoms with E-state index in [0.29, 0.717) is 23.0 Å². The zero-order valence-electron chi connectivity index (χ0n) is 20.5. The van der Waals surface area contributed by atoms with Gasteiger partial charge >= 0.3 is 0 Å². The van der Waals surface area contributed by atoms with E-state index in [1.165, 1.54) is 11.8 Å². The summed E-state index contributed by atoms with van der Waals surface area (Å²) in [5.74, 6) is 0.891. The van der Waals surface area contributed by atoms with Crippen LogP contribution in [0.15, 0.2) is 89.0 Å². The number of anilines is 1. The van der Waals surface area contributed by atoms with Crippen molar-refractivity contribution in [1.29, 1.82) is 0 Å². The summed E-state index contributed by atoms with van der Waals surface area (Å²) in [6, 6.07) is 24.7. The average molecular weight is 515 g/mol. The van der Waals surface area contributed by atoms with Gasteiger partial charge in [-0.3, -0.25) is 9.59 Å². The Hall–Kier alpha value is -4.11. The van der Waals surface area contributed by atoms with Crippen molar-refractivity contribution in [2.45, 2.75) is 24.1 Å². The van der Waals surface area contributed by atoms with E-state index >= 15 is 0 Å². The summed E-state index contributed by atoms with van der Waals surface area (Å²) in [5.41, 5.74) is 3.59. The number of methoxy groups -OCH3 is 2. The minimum atomic E-state index is -0.607. The standard InChI is InChI=1S/C28H26N4O4S/c1-35-21-12-8-18(9-13-21)23-16-24(19-6-4-3-5-7-19)32(31-23)28-30-27(34)25(37-28)17-26(33)29-20-10-14-22(36-2)15-11-20/h3-15,24-25H,16-17H2,1-2H3,(H,29,33)/t24-,25+/m0/s1. The van der Waals surface area contributed by atoms with Gasteiger partial charge in [0.05, 0.1) is 26.0 Å². The first-order chi connectivity index (χ1) is 18.0. The number of hydrogen-bond donors (Lipinski definition) is 1. The number of nitrogens with zero attached hydrogens (tertiary/aromatic N) is 3. The van der Waals surface area contributed by atoms with Gasteiger partial charge in [-0.25, -0.2) is 5.01 Å². The molecular weight excluding hydrogens is 488 g/mol. The number of ether oxygens (including phenoxy) is 2. The Bertz CT molecular complexity index is 1340. The number of thioether (sulfide) groups is 1. The summed E-state index contributed by atoms with van der Waals surface area (Å²) in [7, 11) is 3.22. The molecule has 0 aromatic heterocycles. The third-order valence-electron chi connectivity index (χ3n) is 6.19. The van der Waals surface area contributed by atoms with E-state index in [0.717, 1.165) is 22.6 Å². The Morgan fingerprint density at radius 3 is 2.27 bits per heavy atom. The number of benzene rings is 3. The van der Waals surface area contributed by atoms with Crippen LogP contribution in [0.4, 0.5) is 5.69 Å². The Morgan fingerprint density at radius 2 is 1.62 bits per heavy atom. The summed E-state index contributed by atoms with van der Waals surface area (Å²) >= 11 is 1.28. The Kier molecular flexibility index (Phi) is 7.23. The number of hydrogen-bond acceptors (Lipinski definition) is 7. The molecule has 188 valence electrons. The van der Waals surface area contributed by atoms with Gasteiger partial charge in [0.1, 0.15) is 16.7 Å². The van der Waals surface area contributed by atoms with Crippen LogP contribution in [0.2, 0.25) is 0 Å². The highest BCUT2D eigenvalue weighted by atomic mass is 32.2. The molecule has 5 rings (SSSR count). The van der Waals surface area contributed by atoms with Crippen LogP contribution in [0.3, 0.4) is 0 Å². The second-order valence-electron chi connectivity index (χ2n) is 8.57. The van der Waals surface area contributed by atoms with Crippen molar-refractivity contribution in [2.24, 2.45) is 10.1 Å². The number of rotatable bonds is 7. The van der Waals surface area contributed by atoms with Crippen LogP contribution >= 0.6 is 11.8 Å². The van der Waals surface area contributed by atoms with Gasteiger partial charge in [0, 0.05) is 18.5 Å². The summed E-state index contributed by atoms with van der Waals surface area (Å²) < 4.78 is 10.4. The molecule has 0 radical (unpaired) electrons. The molecule has 0 saturated carbocycles. The molecule has 0 unspecified atom stereocenters. The van der Waals surface area contributed by atoms with E-state index in [-0.39, 0.29) is 24.3 Å². The van der Waals surface area contributed by atoms with Crippen molar-refractivity contribution in [3.8, 4) is 11.5 Å². The summed E-state index contributed by atoms with van der Waals surface area (Å²) in [6.45, 7) is 0. The van der Waals surface area contributed by atoms with E-state index in [9.17, 15) is 9.59 Å². The second-order valence-corrected chi connectivity index (χ2v) is 9.74. The van der Waals surface area contributed by atoms with Crippen molar-refractivity contribution in [3.05, 3.63) is 90.0 Å². The van der Waals surface area contributed by atoms with Crippen LogP contribution < -0.4 is 14.8 Å². The number of carbonyl (C=O) groups excluding carboxylic acids is 2. The monoisotopic (exact) mass is 514 g/mol. The van der Waals surface area contributed by atoms with Crippen LogP contribution in [0, 0.1) is 0 Å². The predicted molar refractivity (Wildman–Crippen MR) is 145 cm³/mol. The Labute approximate surface area is 219 Å². The van der Waals surface area contributed by atoms with Gasteiger partial charge in [0.15, 0.2) is 5.17 Å². The van der Waals surface area contributed by atoms with Crippen LogP contribution in [0.5, 0.6) is 11.5 Å². The first-order valence-electron chi connectivity index (χ1n) is 11.8. The summed E-state index contributed by atoms with van der Waals surface area (Å²) in [6.07, 6.45) is 0.675. The van der Waals surface area contributed by atoms with Crippen LogP contribution in [0.1, 0.15) is 30.0 Å². The Balaban J connectivity index is 1.32. The molecule has 0 saturated heterocycles. The lowest BCUT2D eigenvalue weighted by molar-refractivity contribution is -0.121. The molecule has 0 aliphatic carbocycles. The lowest BCUT2D eigenvalue weighted by atomic mass is 9.98.